The third-order valence-corrected chi connectivity index (χ3v) is 6.43. The lowest BCUT2D eigenvalue weighted by atomic mass is 9.88. The molecule has 0 bridgehead atoms. The molecule has 2 N–H and O–H groups in total. The Morgan fingerprint density at radius 2 is 2.00 bits per heavy atom. The Kier molecular flexibility index (Phi) is 4.59. The lowest BCUT2D eigenvalue weighted by Gasteiger charge is -2.34. The molecule has 0 saturated heterocycles. The minimum atomic E-state index is -3.46. The van der Waals surface area contributed by atoms with Crippen LogP contribution in [0.5, 0.6) is 0 Å². The van der Waals surface area contributed by atoms with Crippen molar-refractivity contribution in [3.63, 3.8) is 0 Å². The van der Waals surface area contributed by atoms with Crippen molar-refractivity contribution in [2.75, 3.05) is 7.05 Å². The van der Waals surface area contributed by atoms with Crippen LogP contribution in [0.2, 0.25) is 0 Å². The number of nitrogens with zero attached hydrogens (tertiary/aromatic N) is 1. The third kappa shape index (κ3) is 2.93. The molecule has 4 nitrogen and oxygen atoms in total. The fraction of sp³-hybridized carbons (Fsp3) is 0.667. The van der Waals surface area contributed by atoms with Crippen LogP contribution in [-0.4, -0.2) is 25.8 Å². The van der Waals surface area contributed by atoms with Crippen LogP contribution in [0.15, 0.2) is 16.3 Å². The number of sulfonamides is 1. The summed E-state index contributed by atoms with van der Waals surface area (Å²) in [6.45, 7) is 8.26. The second-order valence-corrected chi connectivity index (χ2v) is 8.44. The van der Waals surface area contributed by atoms with Gasteiger partial charge in [-0.2, -0.15) is 4.31 Å². The molecular weight excluding hydrogens is 268 g/mol. The van der Waals surface area contributed by atoms with Crippen molar-refractivity contribution in [2.24, 2.45) is 11.1 Å². The maximum absolute atomic E-state index is 12.5. The van der Waals surface area contributed by atoms with E-state index in [2.05, 4.69) is 0 Å². The van der Waals surface area contributed by atoms with E-state index in [1.165, 1.54) is 15.6 Å². The molecule has 0 aliphatic rings. The molecule has 0 aliphatic heterocycles. The fourth-order valence-corrected chi connectivity index (χ4v) is 4.47. The summed E-state index contributed by atoms with van der Waals surface area (Å²) in [6, 6.07) is 1.54. The minimum absolute atomic E-state index is 0.0898. The van der Waals surface area contributed by atoms with Crippen molar-refractivity contribution in [1.29, 1.82) is 0 Å². The molecule has 1 aromatic heterocycles. The zero-order valence-corrected chi connectivity index (χ0v) is 13.2. The zero-order valence-electron chi connectivity index (χ0n) is 11.6. The molecule has 0 aromatic carbocycles. The van der Waals surface area contributed by atoms with Gasteiger partial charge >= 0.3 is 0 Å². The molecule has 0 spiro atoms. The van der Waals surface area contributed by atoms with E-state index in [0.717, 1.165) is 0 Å². The van der Waals surface area contributed by atoms with Crippen LogP contribution in [0.25, 0.3) is 0 Å². The summed E-state index contributed by atoms with van der Waals surface area (Å²) in [5, 5.41) is 1.77. The molecule has 18 heavy (non-hydrogen) atoms. The van der Waals surface area contributed by atoms with Crippen molar-refractivity contribution < 1.29 is 8.42 Å². The minimum Gasteiger partial charge on any atom is -0.326 e. The van der Waals surface area contributed by atoms with Crippen molar-refractivity contribution >= 4 is 21.4 Å². The Hall–Kier alpha value is -0.430. The van der Waals surface area contributed by atoms with Gasteiger partial charge in [-0.1, -0.05) is 20.8 Å². The zero-order chi connectivity index (χ0) is 14.1. The van der Waals surface area contributed by atoms with Gasteiger partial charge < -0.3 is 5.73 Å². The molecule has 0 aliphatic carbocycles. The third-order valence-electron chi connectivity index (χ3n) is 3.35. The van der Waals surface area contributed by atoms with Gasteiger partial charge in [-0.15, -0.1) is 11.3 Å². The molecule has 104 valence electrons. The Labute approximate surface area is 114 Å². The van der Waals surface area contributed by atoms with Crippen LogP contribution in [0.4, 0.5) is 0 Å². The first-order chi connectivity index (χ1) is 8.12. The Morgan fingerprint density at radius 3 is 2.44 bits per heavy atom. The van der Waals surface area contributed by atoms with Gasteiger partial charge in [-0.25, -0.2) is 8.42 Å². The van der Waals surface area contributed by atoms with E-state index in [1.807, 2.05) is 27.7 Å². The number of hydrogen-bond donors (Lipinski definition) is 1. The van der Waals surface area contributed by atoms with Crippen LogP contribution < -0.4 is 5.73 Å². The van der Waals surface area contributed by atoms with Gasteiger partial charge in [0.25, 0.3) is 0 Å². The smallest absolute Gasteiger partial charge is 0.244 e. The highest BCUT2D eigenvalue weighted by Gasteiger charge is 2.33. The summed E-state index contributed by atoms with van der Waals surface area (Å²) < 4.78 is 26.5. The molecule has 0 radical (unpaired) electrons. The lowest BCUT2D eigenvalue weighted by Crippen LogP contribution is -2.43. The summed E-state index contributed by atoms with van der Waals surface area (Å²) in [6.07, 6.45) is 0. The first-order valence-corrected chi connectivity index (χ1v) is 8.18. The molecule has 0 amide bonds. The van der Waals surface area contributed by atoms with Crippen molar-refractivity contribution in [3.8, 4) is 0 Å². The van der Waals surface area contributed by atoms with Crippen molar-refractivity contribution in [1.82, 2.24) is 4.31 Å². The van der Waals surface area contributed by atoms with Gasteiger partial charge in [0.1, 0.15) is 0 Å². The molecule has 1 unspecified atom stereocenters. The Morgan fingerprint density at radius 1 is 1.44 bits per heavy atom. The van der Waals surface area contributed by atoms with Crippen molar-refractivity contribution in [3.05, 3.63) is 16.3 Å². The first-order valence-electron chi connectivity index (χ1n) is 5.87. The molecule has 6 heteroatoms. The van der Waals surface area contributed by atoms with E-state index < -0.39 is 10.0 Å². The van der Waals surface area contributed by atoms with Gasteiger partial charge in [0.05, 0.1) is 4.90 Å². The number of nitrogens with two attached hydrogens (primary N) is 1. The van der Waals surface area contributed by atoms with E-state index in [4.69, 9.17) is 5.73 Å². The summed E-state index contributed by atoms with van der Waals surface area (Å²) in [5.74, 6) is 0. The van der Waals surface area contributed by atoms with E-state index in [0.29, 0.717) is 9.77 Å². The summed E-state index contributed by atoms with van der Waals surface area (Å²) in [5.41, 5.74) is 5.47. The molecule has 0 fully saturated rings. The van der Waals surface area contributed by atoms with Crippen LogP contribution in [0.1, 0.15) is 32.6 Å². The summed E-state index contributed by atoms with van der Waals surface area (Å²) in [4.78, 5) is 1.05. The average molecular weight is 290 g/mol. The SMILES string of the molecule is CC(N(C)S(=O)(=O)c1ccsc1CN)C(C)(C)C. The largest absolute Gasteiger partial charge is 0.326 e. The standard InChI is InChI=1S/C12H22N2O2S2/c1-9(12(2,3)4)14(5)18(15,16)11-6-7-17-10(11)8-13/h6-7,9H,8,13H2,1-5H3. The number of thiophene rings is 1. The van der Waals surface area contributed by atoms with Gasteiger partial charge in [0, 0.05) is 24.5 Å². The van der Waals surface area contributed by atoms with Crippen molar-refractivity contribution in [2.45, 2.75) is 45.2 Å². The summed E-state index contributed by atoms with van der Waals surface area (Å²) in [7, 11) is -1.83. The number of rotatable bonds is 4. The highest BCUT2D eigenvalue weighted by atomic mass is 32.2. The van der Waals surface area contributed by atoms with Gasteiger partial charge in [0.15, 0.2) is 0 Å². The monoisotopic (exact) mass is 290 g/mol. The van der Waals surface area contributed by atoms with Gasteiger partial charge in [-0.3, -0.25) is 0 Å². The second-order valence-electron chi connectivity index (χ2n) is 5.48. The lowest BCUT2D eigenvalue weighted by molar-refractivity contribution is 0.216. The van der Waals surface area contributed by atoms with Gasteiger partial charge in [0.2, 0.25) is 10.0 Å². The topological polar surface area (TPSA) is 63.4 Å². The molecule has 1 atom stereocenters. The molecule has 0 saturated carbocycles. The van der Waals surface area contributed by atoms with E-state index >= 15 is 0 Å². The average Bonchev–Trinajstić information content (AvgIpc) is 2.74. The van der Waals surface area contributed by atoms with Crippen LogP contribution in [-0.2, 0) is 16.6 Å². The quantitative estimate of drug-likeness (QED) is 0.925. The molecule has 1 aromatic rings. The van der Waals surface area contributed by atoms with Crippen LogP contribution in [0, 0.1) is 5.41 Å². The maximum atomic E-state index is 12.5. The second kappa shape index (κ2) is 5.28. The molecule has 1 heterocycles. The van der Waals surface area contributed by atoms with Crippen LogP contribution >= 0.6 is 11.3 Å². The first kappa shape index (κ1) is 15.6. The maximum Gasteiger partial charge on any atom is 0.244 e. The Bertz CT molecular complexity index is 500. The van der Waals surface area contributed by atoms with E-state index in [1.54, 1.807) is 18.5 Å². The molecule has 1 rings (SSSR count). The van der Waals surface area contributed by atoms with Gasteiger partial charge in [-0.05, 0) is 23.8 Å². The fourth-order valence-electron chi connectivity index (χ4n) is 1.62. The molecular formula is C12H22N2O2S2. The highest BCUT2D eigenvalue weighted by Crippen LogP contribution is 2.30. The van der Waals surface area contributed by atoms with Crippen LogP contribution in [0.3, 0.4) is 0 Å². The highest BCUT2D eigenvalue weighted by molar-refractivity contribution is 7.89. The van der Waals surface area contributed by atoms with E-state index in [-0.39, 0.29) is 18.0 Å². The predicted molar refractivity (Wildman–Crippen MR) is 76.1 cm³/mol. The summed E-state index contributed by atoms with van der Waals surface area (Å²) >= 11 is 1.38. The van der Waals surface area contributed by atoms with E-state index in [9.17, 15) is 8.42 Å². The predicted octanol–water partition coefficient (Wildman–Crippen LogP) is 2.26. The number of hydrogen-bond acceptors (Lipinski definition) is 4. The Balaban J connectivity index is 3.16. The normalized spacial score (nSPS) is 15.1.